The van der Waals surface area contributed by atoms with Crippen molar-refractivity contribution in [2.75, 3.05) is 5.32 Å². The number of amidine groups is 1. The van der Waals surface area contributed by atoms with Crippen molar-refractivity contribution in [2.24, 2.45) is 10.7 Å². The molecule has 0 unspecified atom stereocenters. The Morgan fingerprint density at radius 1 is 1.28 bits per heavy atom. The Balaban J connectivity index is 2.01. The number of pyridine rings is 2. The van der Waals surface area contributed by atoms with Gasteiger partial charge < -0.3 is 15.8 Å². The van der Waals surface area contributed by atoms with E-state index in [0.717, 1.165) is 12.3 Å². The van der Waals surface area contributed by atoms with Gasteiger partial charge >= 0.3 is 12.1 Å². The minimum Gasteiger partial charge on any atom is -0.446 e. The number of halogens is 6. The minimum atomic E-state index is -5.56. The third-order valence-corrected chi connectivity index (χ3v) is 4.52. The number of nitrogens with one attached hydrogen (secondary N) is 1. The number of aliphatic imine (C=N–C) groups is 1. The summed E-state index contributed by atoms with van der Waals surface area (Å²) in [6, 6.07) is 4.54. The molecule has 3 N–H and O–H groups in total. The molecule has 0 saturated carbocycles. The number of nitriles is 1. The first kappa shape index (κ1) is 22.8. The van der Waals surface area contributed by atoms with Crippen LogP contribution in [0, 0.1) is 17.1 Å². The number of rotatable bonds is 3. The van der Waals surface area contributed by atoms with Crippen molar-refractivity contribution >= 4 is 17.7 Å². The van der Waals surface area contributed by atoms with E-state index >= 15 is 0 Å². The van der Waals surface area contributed by atoms with E-state index in [1.165, 1.54) is 12.1 Å². The second kappa shape index (κ2) is 7.66. The minimum absolute atomic E-state index is 0.160. The molecule has 0 fully saturated rings. The predicted molar refractivity (Wildman–Crippen MR) is 95.9 cm³/mol. The van der Waals surface area contributed by atoms with Crippen molar-refractivity contribution in [1.29, 1.82) is 5.26 Å². The molecule has 2 aromatic heterocycles. The molecule has 0 saturated heterocycles. The zero-order chi connectivity index (χ0) is 23.9. The van der Waals surface area contributed by atoms with Gasteiger partial charge in [-0.2, -0.15) is 27.2 Å². The highest BCUT2D eigenvalue weighted by molar-refractivity contribution is 6.02. The lowest BCUT2D eigenvalue weighted by molar-refractivity contribution is -0.288. The third kappa shape index (κ3) is 3.88. The number of carbonyl (C=O) groups is 1. The Bertz CT molecular complexity index is 1130. The Labute approximate surface area is 175 Å². The van der Waals surface area contributed by atoms with Gasteiger partial charge in [0.1, 0.15) is 29.1 Å². The summed E-state index contributed by atoms with van der Waals surface area (Å²) in [5.41, 5.74) is 0.717. The number of amides is 1. The molecule has 0 aliphatic carbocycles. The number of nitrogens with zero attached hydrogens (tertiary/aromatic N) is 4. The quantitative estimate of drug-likeness (QED) is 0.682. The molecule has 0 radical (unpaired) electrons. The molecule has 1 amide bonds. The van der Waals surface area contributed by atoms with Crippen LogP contribution < -0.4 is 11.1 Å². The fourth-order valence-electron chi connectivity index (χ4n) is 2.88. The van der Waals surface area contributed by atoms with Crippen molar-refractivity contribution in [3.05, 3.63) is 53.2 Å². The van der Waals surface area contributed by atoms with Gasteiger partial charge in [-0.1, -0.05) is 0 Å². The van der Waals surface area contributed by atoms with Crippen molar-refractivity contribution in [3.8, 4) is 6.07 Å². The zero-order valence-electron chi connectivity index (χ0n) is 15.9. The molecule has 1 aliphatic heterocycles. The summed E-state index contributed by atoms with van der Waals surface area (Å²) in [5.74, 6) is -7.61. The number of anilines is 1. The van der Waals surface area contributed by atoms with Crippen LogP contribution in [0.15, 0.2) is 35.5 Å². The molecule has 8 nitrogen and oxygen atoms in total. The lowest BCUT2D eigenvalue weighted by Gasteiger charge is -2.42. The molecule has 1 aliphatic rings. The Kier molecular flexibility index (Phi) is 5.46. The van der Waals surface area contributed by atoms with Crippen molar-refractivity contribution in [2.45, 2.75) is 30.7 Å². The van der Waals surface area contributed by atoms with E-state index in [9.17, 15) is 31.1 Å². The van der Waals surface area contributed by atoms with Gasteiger partial charge in [-0.3, -0.25) is 4.79 Å². The molecular formula is C18H12F6N6O2. The smallest absolute Gasteiger partial charge is 0.431 e. The third-order valence-electron chi connectivity index (χ3n) is 4.52. The topological polar surface area (TPSA) is 126 Å². The summed E-state index contributed by atoms with van der Waals surface area (Å²) < 4.78 is 87.6. The molecule has 3 rings (SSSR count). The van der Waals surface area contributed by atoms with Gasteiger partial charge in [-0.15, -0.1) is 0 Å². The van der Waals surface area contributed by atoms with Crippen LogP contribution in [0.2, 0.25) is 0 Å². The Morgan fingerprint density at radius 2 is 1.97 bits per heavy atom. The number of nitrogens with two attached hydrogens (primary N) is 1. The molecule has 168 valence electrons. The predicted octanol–water partition coefficient (Wildman–Crippen LogP) is 2.87. The maximum atomic E-state index is 14.8. The monoisotopic (exact) mass is 458 g/mol. The first-order chi connectivity index (χ1) is 14.8. The lowest BCUT2D eigenvalue weighted by Crippen LogP contribution is -2.62. The highest BCUT2D eigenvalue weighted by Gasteiger charge is 2.70. The number of hydrogen-bond donors (Lipinski definition) is 2. The summed E-state index contributed by atoms with van der Waals surface area (Å²) in [7, 11) is 0. The van der Waals surface area contributed by atoms with Crippen molar-refractivity contribution in [3.63, 3.8) is 0 Å². The first-order valence-electron chi connectivity index (χ1n) is 8.60. The van der Waals surface area contributed by atoms with E-state index in [2.05, 4.69) is 25.0 Å². The highest BCUT2D eigenvalue weighted by atomic mass is 19.4. The van der Waals surface area contributed by atoms with Gasteiger partial charge in [0, 0.05) is 6.20 Å². The summed E-state index contributed by atoms with van der Waals surface area (Å²) in [6.45, 7) is 0.514. The van der Waals surface area contributed by atoms with Crippen LogP contribution in [0.1, 0.15) is 28.7 Å². The van der Waals surface area contributed by atoms with Crippen LogP contribution in [0.25, 0.3) is 0 Å². The number of hydrogen-bond acceptors (Lipinski definition) is 7. The fourth-order valence-corrected chi connectivity index (χ4v) is 2.88. The molecule has 0 spiro atoms. The van der Waals surface area contributed by atoms with Gasteiger partial charge in [0.15, 0.2) is 5.54 Å². The van der Waals surface area contributed by atoms with Gasteiger partial charge in [-0.05, 0) is 31.2 Å². The first-order valence-corrected chi connectivity index (χ1v) is 8.60. The molecule has 14 heteroatoms. The molecule has 32 heavy (non-hydrogen) atoms. The van der Waals surface area contributed by atoms with Gasteiger partial charge in [-0.25, -0.2) is 19.4 Å². The number of aromatic nitrogens is 2. The maximum absolute atomic E-state index is 14.8. The van der Waals surface area contributed by atoms with E-state index in [1.54, 1.807) is 6.07 Å². The molecule has 2 aromatic rings. The van der Waals surface area contributed by atoms with E-state index in [0.29, 0.717) is 13.0 Å². The fraction of sp³-hybridized carbons (Fsp3) is 0.278. The van der Waals surface area contributed by atoms with Crippen LogP contribution in [-0.2, 0) is 10.3 Å². The average molecular weight is 458 g/mol. The summed E-state index contributed by atoms with van der Waals surface area (Å²) in [5, 5.41) is 10.9. The van der Waals surface area contributed by atoms with Crippen molar-refractivity contribution in [1.82, 2.24) is 9.97 Å². The molecule has 2 atom stereocenters. The van der Waals surface area contributed by atoms with E-state index in [1.807, 2.05) is 0 Å². The second-order valence-corrected chi connectivity index (χ2v) is 6.71. The lowest BCUT2D eigenvalue weighted by atomic mass is 9.85. The molecular weight excluding hydrogens is 446 g/mol. The van der Waals surface area contributed by atoms with Crippen LogP contribution in [0.4, 0.5) is 32.2 Å². The SMILES string of the molecule is C[C@]1(c2nc(NC(=O)c3ccc(C#N)cn3)ccc2F)N=C(N)O[C@@H](C(F)(F)F)C1(F)F. The summed E-state index contributed by atoms with van der Waals surface area (Å²) >= 11 is 0. The summed E-state index contributed by atoms with van der Waals surface area (Å²) in [6.07, 6.45) is -8.18. The normalized spacial score (nSPS) is 22.3. The molecule has 0 bridgehead atoms. The number of alkyl halides is 5. The standard InChI is InChI=1S/C18H12F6N6O2/c1-16(17(20,21)14(18(22,23)24)32-15(26)30-16)12-9(19)3-5-11(28-12)29-13(31)10-4-2-8(6-25)7-27-10/h2-5,7,14H,1H3,(H2,26,30)(H,28,29,31)/t14-,16-/m1/s1. The number of carbonyl (C=O) groups excluding carboxylic acids is 1. The molecule has 0 aromatic carbocycles. The van der Waals surface area contributed by atoms with Crippen LogP contribution >= 0.6 is 0 Å². The Hall–Kier alpha value is -3.89. The maximum Gasteiger partial charge on any atom is 0.431 e. The molecule has 3 heterocycles. The van der Waals surface area contributed by atoms with Gasteiger partial charge in [0.2, 0.25) is 0 Å². The van der Waals surface area contributed by atoms with Crippen LogP contribution in [-0.4, -0.2) is 40.1 Å². The largest absolute Gasteiger partial charge is 0.446 e. The average Bonchev–Trinajstić information content (AvgIpc) is 2.71. The zero-order valence-corrected chi connectivity index (χ0v) is 15.9. The van der Waals surface area contributed by atoms with Crippen molar-refractivity contribution < 1.29 is 35.9 Å². The second-order valence-electron chi connectivity index (χ2n) is 6.71. The van der Waals surface area contributed by atoms with Gasteiger partial charge in [0.05, 0.1) is 5.56 Å². The number of ether oxygens (including phenoxy) is 1. The summed E-state index contributed by atoms with van der Waals surface area (Å²) in [4.78, 5) is 22.8. The van der Waals surface area contributed by atoms with Crippen LogP contribution in [0.3, 0.4) is 0 Å². The van der Waals surface area contributed by atoms with Gasteiger partial charge in [0.25, 0.3) is 18.0 Å². The highest BCUT2D eigenvalue weighted by Crippen LogP contribution is 2.50. The Morgan fingerprint density at radius 3 is 2.53 bits per heavy atom. The van der Waals surface area contributed by atoms with E-state index in [4.69, 9.17) is 11.0 Å². The van der Waals surface area contributed by atoms with Crippen LogP contribution in [0.5, 0.6) is 0 Å². The van der Waals surface area contributed by atoms with E-state index in [-0.39, 0.29) is 11.3 Å². The van der Waals surface area contributed by atoms with E-state index < -0.39 is 53.0 Å².